The number of halogens is 3. The number of carbonyl (C=O) groups excluding carboxylic acids is 1. The number of aliphatic hydroxyl groups is 1. The highest BCUT2D eigenvalue weighted by molar-refractivity contribution is 6.36. The molecule has 1 saturated heterocycles. The second-order valence-electron chi connectivity index (χ2n) is 6.57. The predicted octanol–water partition coefficient (Wildman–Crippen LogP) is 5.14. The average molecular weight is 412 g/mol. The summed E-state index contributed by atoms with van der Waals surface area (Å²) in [6, 6.07) is 11.1. The highest BCUT2D eigenvalue weighted by Crippen LogP contribution is 2.39. The van der Waals surface area contributed by atoms with Gasteiger partial charge < -0.3 is 14.7 Å². The number of aliphatic hydroxyl groups excluding tert-OH is 1. The molecule has 0 bridgehead atoms. The molecule has 1 fully saturated rings. The van der Waals surface area contributed by atoms with Crippen molar-refractivity contribution in [2.75, 3.05) is 13.2 Å². The lowest BCUT2D eigenvalue weighted by Gasteiger charge is -2.41. The molecule has 3 rings (SSSR count). The number of amides is 1. The summed E-state index contributed by atoms with van der Waals surface area (Å²) in [6.45, 7) is 0.666. The van der Waals surface area contributed by atoms with E-state index in [1.165, 1.54) is 12.1 Å². The van der Waals surface area contributed by atoms with Gasteiger partial charge in [-0.25, -0.2) is 9.18 Å². The molecule has 0 saturated carbocycles. The Balaban J connectivity index is 1.81. The van der Waals surface area contributed by atoms with Crippen molar-refractivity contribution in [3.63, 3.8) is 0 Å². The summed E-state index contributed by atoms with van der Waals surface area (Å²) < 4.78 is 19.1. The van der Waals surface area contributed by atoms with E-state index in [0.29, 0.717) is 41.4 Å². The van der Waals surface area contributed by atoms with E-state index >= 15 is 0 Å². The first kappa shape index (κ1) is 19.9. The van der Waals surface area contributed by atoms with Crippen LogP contribution in [0.25, 0.3) is 0 Å². The molecule has 27 heavy (non-hydrogen) atoms. The van der Waals surface area contributed by atoms with Crippen LogP contribution in [0.15, 0.2) is 42.5 Å². The Kier molecular flexibility index (Phi) is 6.25. The lowest BCUT2D eigenvalue weighted by molar-refractivity contribution is -0.0625. The van der Waals surface area contributed by atoms with E-state index in [4.69, 9.17) is 27.9 Å². The third-order valence-electron chi connectivity index (χ3n) is 4.85. The number of carbonyl (C=O) groups is 1. The van der Waals surface area contributed by atoms with Crippen molar-refractivity contribution in [3.05, 3.63) is 69.5 Å². The minimum atomic E-state index is -0.881. The third-order valence-corrected chi connectivity index (χ3v) is 5.55. The van der Waals surface area contributed by atoms with Crippen molar-refractivity contribution >= 4 is 29.3 Å². The molecular weight excluding hydrogens is 392 g/mol. The van der Waals surface area contributed by atoms with E-state index in [-0.39, 0.29) is 19.0 Å². The number of hydrogen-bond donors (Lipinski definition) is 1. The molecule has 1 aliphatic rings. The maximum Gasteiger partial charge on any atom is 0.410 e. The quantitative estimate of drug-likeness (QED) is 0.715. The van der Waals surface area contributed by atoms with Gasteiger partial charge in [0.25, 0.3) is 0 Å². The van der Waals surface area contributed by atoms with Gasteiger partial charge in [0.2, 0.25) is 0 Å². The fourth-order valence-electron chi connectivity index (χ4n) is 3.35. The van der Waals surface area contributed by atoms with Gasteiger partial charge in [0.15, 0.2) is 0 Å². The molecular formula is C20H20Cl2FNO3. The van der Waals surface area contributed by atoms with Crippen LogP contribution in [0.4, 0.5) is 9.18 Å². The van der Waals surface area contributed by atoms with E-state index < -0.39 is 11.7 Å². The number of hydrogen-bond acceptors (Lipinski definition) is 3. The maximum atomic E-state index is 13.3. The summed E-state index contributed by atoms with van der Waals surface area (Å²) in [5, 5.41) is 10.2. The minimum Gasteiger partial charge on any atom is -0.438 e. The Morgan fingerprint density at radius 2 is 1.81 bits per heavy atom. The molecule has 4 nitrogen and oxygen atoms in total. The molecule has 1 heterocycles. The number of benzene rings is 2. The topological polar surface area (TPSA) is 49.8 Å². The molecule has 1 amide bonds. The number of rotatable bonds is 6. The normalized spacial score (nSPS) is 19.9. The molecule has 2 aromatic carbocycles. The van der Waals surface area contributed by atoms with Crippen molar-refractivity contribution in [1.82, 2.24) is 4.90 Å². The van der Waals surface area contributed by atoms with E-state index in [1.807, 2.05) is 0 Å². The first-order valence-electron chi connectivity index (χ1n) is 8.73. The summed E-state index contributed by atoms with van der Waals surface area (Å²) in [5.74, 6) is -0.354. The minimum absolute atomic E-state index is 0.0144. The Bertz CT molecular complexity index is 795. The van der Waals surface area contributed by atoms with Crippen molar-refractivity contribution in [3.8, 4) is 0 Å². The van der Waals surface area contributed by atoms with Gasteiger partial charge >= 0.3 is 6.09 Å². The standard InChI is InChI=1S/C20H20Cl2FNO3/c21-17-3-1-4-18(22)16(17)13-24-11-10-20(9-2-12-25,27-19(24)26)14-5-7-15(23)8-6-14/h1,3-8,25H,2,9-13H2. The predicted molar refractivity (Wildman–Crippen MR) is 102 cm³/mol. The molecule has 1 aliphatic heterocycles. The third kappa shape index (κ3) is 4.37. The van der Waals surface area contributed by atoms with Crippen LogP contribution < -0.4 is 0 Å². The summed E-state index contributed by atoms with van der Waals surface area (Å²) >= 11 is 12.4. The van der Waals surface area contributed by atoms with Crippen LogP contribution in [0.1, 0.15) is 30.4 Å². The van der Waals surface area contributed by atoms with E-state index in [9.17, 15) is 14.3 Å². The Labute approximate surface area is 167 Å². The zero-order valence-electron chi connectivity index (χ0n) is 14.6. The fraction of sp³-hybridized carbons (Fsp3) is 0.350. The first-order chi connectivity index (χ1) is 12.9. The number of ether oxygens (including phenoxy) is 1. The lowest BCUT2D eigenvalue weighted by Crippen LogP contribution is -2.47. The maximum absolute atomic E-state index is 13.3. The van der Waals surface area contributed by atoms with Crippen LogP contribution in [0.5, 0.6) is 0 Å². The number of cyclic esters (lactones) is 1. The fourth-order valence-corrected chi connectivity index (χ4v) is 3.87. The largest absolute Gasteiger partial charge is 0.438 e. The van der Waals surface area contributed by atoms with Crippen molar-refractivity contribution in [2.24, 2.45) is 0 Å². The lowest BCUT2D eigenvalue weighted by atomic mass is 9.84. The van der Waals surface area contributed by atoms with Gasteiger partial charge in [0.1, 0.15) is 11.4 Å². The van der Waals surface area contributed by atoms with Gasteiger partial charge in [-0.05, 0) is 42.7 Å². The summed E-state index contributed by atoms with van der Waals surface area (Å²) in [7, 11) is 0. The van der Waals surface area contributed by atoms with E-state index in [1.54, 1.807) is 35.2 Å². The van der Waals surface area contributed by atoms with Crippen LogP contribution in [-0.4, -0.2) is 29.3 Å². The molecule has 1 atom stereocenters. The molecule has 7 heteroatoms. The Hall–Kier alpha value is -1.82. The van der Waals surface area contributed by atoms with E-state index in [2.05, 4.69) is 0 Å². The molecule has 1 N–H and O–H groups in total. The summed E-state index contributed by atoms with van der Waals surface area (Å²) in [6.07, 6.45) is 0.967. The van der Waals surface area contributed by atoms with Crippen LogP contribution in [0.3, 0.4) is 0 Å². The van der Waals surface area contributed by atoms with Gasteiger partial charge in [-0.15, -0.1) is 0 Å². The SMILES string of the molecule is O=C1OC(CCCO)(c2ccc(F)cc2)CCN1Cc1c(Cl)cccc1Cl. The Morgan fingerprint density at radius 3 is 2.41 bits per heavy atom. The van der Waals surface area contributed by atoms with Crippen LogP contribution in [-0.2, 0) is 16.9 Å². The highest BCUT2D eigenvalue weighted by Gasteiger charge is 2.42. The molecule has 1 unspecified atom stereocenters. The first-order valence-corrected chi connectivity index (χ1v) is 9.48. The average Bonchev–Trinajstić information content (AvgIpc) is 2.65. The van der Waals surface area contributed by atoms with Crippen molar-refractivity contribution < 1.29 is 19.0 Å². The molecule has 144 valence electrons. The second kappa shape index (κ2) is 8.46. The van der Waals surface area contributed by atoms with Gasteiger partial charge in [-0.3, -0.25) is 0 Å². The van der Waals surface area contributed by atoms with Crippen LogP contribution in [0.2, 0.25) is 10.0 Å². The van der Waals surface area contributed by atoms with Gasteiger partial charge in [0.05, 0.1) is 6.54 Å². The number of nitrogens with zero attached hydrogens (tertiary/aromatic N) is 1. The molecule has 0 aliphatic carbocycles. The monoisotopic (exact) mass is 411 g/mol. The van der Waals surface area contributed by atoms with Gasteiger partial charge in [0, 0.05) is 35.2 Å². The molecule has 2 aromatic rings. The van der Waals surface area contributed by atoms with Crippen LogP contribution in [0, 0.1) is 5.82 Å². The summed E-state index contributed by atoms with van der Waals surface area (Å²) in [5.41, 5.74) is 0.512. The molecule has 0 spiro atoms. The zero-order chi connectivity index (χ0) is 19.4. The van der Waals surface area contributed by atoms with Crippen molar-refractivity contribution in [2.45, 2.75) is 31.4 Å². The van der Waals surface area contributed by atoms with E-state index in [0.717, 1.165) is 5.56 Å². The molecule has 0 aromatic heterocycles. The zero-order valence-corrected chi connectivity index (χ0v) is 16.1. The summed E-state index contributed by atoms with van der Waals surface area (Å²) in [4.78, 5) is 14.3. The van der Waals surface area contributed by atoms with Gasteiger partial charge in [-0.2, -0.15) is 0 Å². The Morgan fingerprint density at radius 1 is 1.15 bits per heavy atom. The van der Waals surface area contributed by atoms with Gasteiger partial charge in [-0.1, -0.05) is 41.4 Å². The van der Waals surface area contributed by atoms with Crippen molar-refractivity contribution in [1.29, 1.82) is 0 Å². The second-order valence-corrected chi connectivity index (χ2v) is 7.38. The highest BCUT2D eigenvalue weighted by atomic mass is 35.5. The smallest absolute Gasteiger partial charge is 0.410 e. The van der Waals surface area contributed by atoms with Crippen LogP contribution >= 0.6 is 23.2 Å². The molecule has 0 radical (unpaired) electrons.